The molecule has 0 saturated heterocycles. The first-order chi connectivity index (χ1) is 21.7. The molecule has 3 atom stereocenters. The average molecular weight is 635 g/mol. The normalized spacial score (nSPS) is 16.4. The number of hydrogen-bond acceptors (Lipinski definition) is 6. The summed E-state index contributed by atoms with van der Waals surface area (Å²) in [7, 11) is -3.27. The molecule has 9 heteroatoms. The highest BCUT2D eigenvalue weighted by Crippen LogP contribution is 2.52. The highest BCUT2D eigenvalue weighted by molar-refractivity contribution is 7.59. The molecule has 242 valence electrons. The number of alkyl carbamates (subject to hydrolysis) is 1. The van der Waals surface area contributed by atoms with Gasteiger partial charge in [0.25, 0.3) is 0 Å². The van der Waals surface area contributed by atoms with E-state index in [9.17, 15) is 19.3 Å². The maximum atomic E-state index is 14.4. The predicted octanol–water partition coefficient (Wildman–Crippen LogP) is 7.41. The third-order valence-electron chi connectivity index (χ3n) is 8.21. The molecule has 45 heavy (non-hydrogen) atoms. The summed E-state index contributed by atoms with van der Waals surface area (Å²) in [6.07, 6.45) is 3.96. The maximum absolute atomic E-state index is 14.4. The third-order valence-corrected chi connectivity index (χ3v) is 10.9. The summed E-state index contributed by atoms with van der Waals surface area (Å²) in [4.78, 5) is 28.3. The van der Waals surface area contributed by atoms with Crippen LogP contribution in [0.25, 0.3) is 0 Å². The maximum Gasteiger partial charge on any atom is 0.408 e. The zero-order chi connectivity index (χ0) is 32.1. The number of rotatable bonds is 15. The van der Waals surface area contributed by atoms with E-state index in [2.05, 4.69) is 5.32 Å². The van der Waals surface area contributed by atoms with Crippen molar-refractivity contribution in [2.24, 2.45) is 11.8 Å². The Balaban J connectivity index is 1.48. The minimum atomic E-state index is -3.27. The van der Waals surface area contributed by atoms with Crippen LogP contribution in [0, 0.1) is 11.8 Å². The highest BCUT2D eigenvalue weighted by Gasteiger charge is 2.35. The Morgan fingerprint density at radius 3 is 2.00 bits per heavy atom. The molecule has 1 aliphatic rings. The van der Waals surface area contributed by atoms with Crippen LogP contribution in [0.4, 0.5) is 10.5 Å². The van der Waals surface area contributed by atoms with Crippen molar-refractivity contribution in [3.05, 3.63) is 102 Å². The molecule has 8 nitrogen and oxygen atoms in total. The molecule has 1 fully saturated rings. The van der Waals surface area contributed by atoms with Crippen LogP contribution in [0.15, 0.2) is 91.0 Å². The summed E-state index contributed by atoms with van der Waals surface area (Å²) in [5.74, 6) is -0.369. The fraction of sp³-hybridized carbons (Fsp3) is 0.444. The molecular formula is C36H47N2O6P. The summed E-state index contributed by atoms with van der Waals surface area (Å²) in [5, 5.41) is 14.2. The van der Waals surface area contributed by atoms with E-state index in [1.807, 2.05) is 92.7 Å². The zero-order valence-electron chi connectivity index (χ0n) is 26.4. The number of para-hydroxylation sites is 1. The smallest absolute Gasteiger partial charge is 0.408 e. The van der Waals surface area contributed by atoms with Gasteiger partial charge in [0.05, 0.1) is 25.4 Å². The Labute approximate surface area is 267 Å². The van der Waals surface area contributed by atoms with Crippen LogP contribution in [-0.4, -0.2) is 48.1 Å². The standard InChI is InChI=1S/C36H47N2O6P/c1-28(2)34(37-36(41)43-24-29-15-7-3-8-16-29)35(40)38(32-21-13-6-14-22-32)23-33(39)27-45(42,26-31-19-11-5-12-20-31)44-25-30-17-9-4-10-18-30/h3-4,6-10,13-18,21-22,28,31,33-34,39H,5,11-12,19-20,23-27H2,1-2H3,(H,37,41)/t33-,34-,45?/m0/s1. The molecular weight excluding hydrogens is 587 g/mol. The first-order valence-electron chi connectivity index (χ1n) is 16.0. The number of aliphatic hydroxyl groups is 1. The van der Waals surface area contributed by atoms with Gasteiger partial charge < -0.3 is 24.6 Å². The van der Waals surface area contributed by atoms with Crippen molar-refractivity contribution in [1.82, 2.24) is 5.32 Å². The zero-order valence-corrected chi connectivity index (χ0v) is 27.3. The van der Waals surface area contributed by atoms with E-state index in [1.54, 1.807) is 12.1 Å². The van der Waals surface area contributed by atoms with Crippen LogP contribution in [-0.2, 0) is 31.8 Å². The van der Waals surface area contributed by atoms with Gasteiger partial charge in [-0.1, -0.05) is 112 Å². The lowest BCUT2D eigenvalue weighted by molar-refractivity contribution is -0.121. The number of aliphatic hydroxyl groups excluding tert-OH is 1. The monoisotopic (exact) mass is 634 g/mol. The first-order valence-corrected chi connectivity index (χ1v) is 18.0. The molecule has 0 bridgehead atoms. The largest absolute Gasteiger partial charge is 0.445 e. The molecule has 0 aromatic heterocycles. The van der Waals surface area contributed by atoms with Gasteiger partial charge in [-0.2, -0.15) is 0 Å². The number of amides is 2. The number of hydrogen-bond donors (Lipinski definition) is 2. The lowest BCUT2D eigenvalue weighted by Gasteiger charge is -2.33. The summed E-state index contributed by atoms with van der Waals surface area (Å²) < 4.78 is 25.9. The average Bonchev–Trinajstić information content (AvgIpc) is 3.05. The predicted molar refractivity (Wildman–Crippen MR) is 178 cm³/mol. The molecule has 1 aliphatic carbocycles. The molecule has 3 aromatic rings. The van der Waals surface area contributed by atoms with E-state index in [0.29, 0.717) is 11.8 Å². The van der Waals surface area contributed by atoms with Crippen LogP contribution < -0.4 is 10.2 Å². The SMILES string of the molecule is CC(C)[C@H](NC(=O)OCc1ccccc1)C(=O)N(C[C@H](O)CP(=O)(CC1CCCCC1)OCc1ccccc1)c1ccccc1. The number of carbonyl (C=O) groups is 2. The highest BCUT2D eigenvalue weighted by atomic mass is 31.2. The van der Waals surface area contributed by atoms with Gasteiger partial charge in [-0.25, -0.2) is 4.79 Å². The van der Waals surface area contributed by atoms with Crippen LogP contribution in [0.5, 0.6) is 0 Å². The van der Waals surface area contributed by atoms with Crippen molar-refractivity contribution in [2.45, 2.75) is 71.3 Å². The van der Waals surface area contributed by atoms with Gasteiger partial charge in [-0.15, -0.1) is 0 Å². The van der Waals surface area contributed by atoms with Crippen LogP contribution in [0.3, 0.4) is 0 Å². The molecule has 0 spiro atoms. The second kappa shape index (κ2) is 17.3. The van der Waals surface area contributed by atoms with E-state index < -0.39 is 25.6 Å². The third kappa shape index (κ3) is 11.1. The van der Waals surface area contributed by atoms with E-state index in [4.69, 9.17) is 9.26 Å². The van der Waals surface area contributed by atoms with Gasteiger partial charge in [0.15, 0.2) is 0 Å². The first kappa shape index (κ1) is 34.4. The van der Waals surface area contributed by atoms with E-state index in [1.165, 1.54) is 11.3 Å². The fourth-order valence-electron chi connectivity index (χ4n) is 5.80. The van der Waals surface area contributed by atoms with Gasteiger partial charge in [0, 0.05) is 11.8 Å². The van der Waals surface area contributed by atoms with Crippen molar-refractivity contribution in [2.75, 3.05) is 23.8 Å². The van der Waals surface area contributed by atoms with Crippen molar-refractivity contribution < 1.29 is 28.5 Å². The Morgan fingerprint density at radius 1 is 0.867 bits per heavy atom. The molecule has 0 radical (unpaired) electrons. The minimum Gasteiger partial charge on any atom is -0.445 e. The summed E-state index contributed by atoms with van der Waals surface area (Å²) in [6.45, 7) is 3.86. The molecule has 0 aliphatic heterocycles. The topological polar surface area (TPSA) is 105 Å². The minimum absolute atomic E-state index is 0.0637. The van der Waals surface area contributed by atoms with E-state index in [-0.39, 0.29) is 43.7 Å². The van der Waals surface area contributed by atoms with Gasteiger partial charge in [-0.3, -0.25) is 9.36 Å². The van der Waals surface area contributed by atoms with Crippen molar-refractivity contribution in [1.29, 1.82) is 0 Å². The van der Waals surface area contributed by atoms with E-state index in [0.717, 1.165) is 36.8 Å². The Bertz CT molecular complexity index is 1370. The molecule has 0 heterocycles. The molecule has 1 unspecified atom stereocenters. The van der Waals surface area contributed by atoms with Crippen LogP contribution in [0.1, 0.15) is 57.1 Å². The molecule has 2 N–H and O–H groups in total. The van der Waals surface area contributed by atoms with Crippen molar-refractivity contribution >= 4 is 25.1 Å². The number of nitrogens with one attached hydrogen (secondary N) is 1. The molecule has 3 aromatic carbocycles. The Hall–Kier alpha value is -3.45. The molecule has 1 saturated carbocycles. The van der Waals surface area contributed by atoms with Crippen LogP contribution in [0.2, 0.25) is 0 Å². The Morgan fingerprint density at radius 2 is 1.42 bits per heavy atom. The summed E-state index contributed by atoms with van der Waals surface area (Å²) in [5.41, 5.74) is 2.32. The van der Waals surface area contributed by atoms with Gasteiger partial charge in [0.2, 0.25) is 13.3 Å². The van der Waals surface area contributed by atoms with Gasteiger partial charge in [0.1, 0.15) is 12.6 Å². The second-order valence-corrected chi connectivity index (χ2v) is 14.9. The van der Waals surface area contributed by atoms with Crippen molar-refractivity contribution in [3.8, 4) is 0 Å². The molecule has 4 rings (SSSR count). The lowest BCUT2D eigenvalue weighted by atomic mass is 9.91. The van der Waals surface area contributed by atoms with Gasteiger partial charge >= 0.3 is 6.09 Å². The lowest BCUT2D eigenvalue weighted by Crippen LogP contribution is -2.53. The Kier molecular flexibility index (Phi) is 13.2. The van der Waals surface area contributed by atoms with E-state index >= 15 is 0 Å². The van der Waals surface area contributed by atoms with Crippen LogP contribution >= 0.6 is 7.37 Å². The molecule has 2 amide bonds. The summed E-state index contributed by atoms with van der Waals surface area (Å²) >= 11 is 0. The van der Waals surface area contributed by atoms with Gasteiger partial charge in [-0.05, 0) is 47.9 Å². The number of nitrogens with zero attached hydrogens (tertiary/aromatic N) is 1. The quantitative estimate of drug-likeness (QED) is 0.169. The second-order valence-electron chi connectivity index (χ2n) is 12.3. The number of ether oxygens (including phenoxy) is 1. The number of benzene rings is 3. The fourth-order valence-corrected chi connectivity index (χ4v) is 8.46. The summed E-state index contributed by atoms with van der Waals surface area (Å²) in [6, 6.07) is 27.0. The number of anilines is 1. The number of carbonyl (C=O) groups excluding carboxylic acids is 2. The van der Waals surface area contributed by atoms with Crippen molar-refractivity contribution in [3.63, 3.8) is 0 Å².